The Morgan fingerprint density at radius 1 is 1.06 bits per heavy atom. The summed E-state index contributed by atoms with van der Waals surface area (Å²) in [5.41, 5.74) is 4.10. The minimum atomic E-state index is -0.0314. The van der Waals surface area contributed by atoms with Crippen molar-refractivity contribution in [3.8, 4) is 0 Å². The minimum Gasteiger partial charge on any atom is -0.341 e. The number of nitrogens with zero attached hydrogens (tertiary/aromatic N) is 4. The molecule has 2 amide bonds. The third kappa shape index (κ3) is 4.39. The van der Waals surface area contributed by atoms with Crippen molar-refractivity contribution in [2.45, 2.75) is 57.9 Å². The zero-order valence-corrected chi connectivity index (χ0v) is 19.4. The number of aromatic nitrogens is 2. The van der Waals surface area contributed by atoms with Crippen LogP contribution in [0.3, 0.4) is 0 Å². The van der Waals surface area contributed by atoms with Gasteiger partial charge in [0.2, 0.25) is 11.8 Å². The summed E-state index contributed by atoms with van der Waals surface area (Å²) in [6, 6.07) is 16.3. The molecule has 0 saturated carbocycles. The number of fused-ring (bicyclic) bond motifs is 1. The molecule has 3 aromatic rings. The largest absolute Gasteiger partial charge is 0.341 e. The van der Waals surface area contributed by atoms with E-state index < -0.39 is 0 Å². The molecule has 0 spiro atoms. The second-order valence-corrected chi connectivity index (χ2v) is 9.31. The molecule has 2 saturated heterocycles. The first-order valence-electron chi connectivity index (χ1n) is 12.3. The van der Waals surface area contributed by atoms with E-state index in [1.807, 2.05) is 38.6 Å². The first-order valence-corrected chi connectivity index (χ1v) is 12.3. The summed E-state index contributed by atoms with van der Waals surface area (Å²) in [6.07, 6.45) is 5.99. The Hall–Kier alpha value is -3.15. The third-order valence-corrected chi connectivity index (χ3v) is 6.99. The molecule has 2 aliphatic heterocycles. The molecule has 33 heavy (non-hydrogen) atoms. The quantitative estimate of drug-likeness (QED) is 0.538. The number of aryl methyl sites for hydroxylation is 1. The highest BCUT2D eigenvalue weighted by molar-refractivity contribution is 5.96. The lowest BCUT2D eigenvalue weighted by Crippen LogP contribution is -2.32. The van der Waals surface area contributed by atoms with E-state index in [0.29, 0.717) is 13.0 Å². The summed E-state index contributed by atoms with van der Waals surface area (Å²) in [5.74, 6) is 1.07. The van der Waals surface area contributed by atoms with Crippen LogP contribution in [-0.2, 0) is 22.6 Å². The van der Waals surface area contributed by atoms with Gasteiger partial charge in [0, 0.05) is 37.7 Å². The lowest BCUT2D eigenvalue weighted by molar-refractivity contribution is -0.130. The molecule has 0 aliphatic carbocycles. The van der Waals surface area contributed by atoms with Gasteiger partial charge in [-0.3, -0.25) is 9.59 Å². The zero-order chi connectivity index (χ0) is 22.8. The molecule has 6 heteroatoms. The van der Waals surface area contributed by atoms with Crippen LogP contribution in [0.15, 0.2) is 48.5 Å². The van der Waals surface area contributed by atoms with E-state index in [0.717, 1.165) is 54.9 Å². The average molecular weight is 445 g/mol. The highest BCUT2D eigenvalue weighted by atomic mass is 16.2. The smallest absolute Gasteiger partial charge is 0.242 e. The predicted octanol–water partition coefficient (Wildman–Crippen LogP) is 4.52. The second kappa shape index (κ2) is 9.38. The van der Waals surface area contributed by atoms with Crippen molar-refractivity contribution in [2.24, 2.45) is 0 Å². The summed E-state index contributed by atoms with van der Waals surface area (Å²) in [4.78, 5) is 34.7. The van der Waals surface area contributed by atoms with E-state index in [2.05, 4.69) is 31.2 Å². The van der Waals surface area contributed by atoms with Gasteiger partial charge in [-0.1, -0.05) is 37.6 Å². The number of carbonyl (C=O) groups is 2. The summed E-state index contributed by atoms with van der Waals surface area (Å²) in [5, 5.41) is 0. The zero-order valence-electron chi connectivity index (χ0n) is 19.4. The normalized spacial score (nSPS) is 18.6. The van der Waals surface area contributed by atoms with Gasteiger partial charge in [-0.2, -0.15) is 0 Å². The number of anilines is 1. The molecule has 0 radical (unpaired) electrons. The number of unbranched alkanes of at least 4 members (excludes halogenated alkanes) is 1. The van der Waals surface area contributed by atoms with E-state index in [1.54, 1.807) is 0 Å². The highest BCUT2D eigenvalue weighted by Crippen LogP contribution is 2.33. The molecule has 1 aromatic heterocycles. The van der Waals surface area contributed by atoms with Gasteiger partial charge in [-0.25, -0.2) is 4.98 Å². The van der Waals surface area contributed by atoms with Crippen LogP contribution in [0.2, 0.25) is 0 Å². The fourth-order valence-electron chi connectivity index (χ4n) is 5.13. The van der Waals surface area contributed by atoms with Crippen LogP contribution in [0.5, 0.6) is 0 Å². The fraction of sp³-hybridized carbons (Fsp3) is 0.444. The van der Waals surface area contributed by atoms with Crippen molar-refractivity contribution in [2.75, 3.05) is 24.5 Å². The topological polar surface area (TPSA) is 58.4 Å². The number of amides is 2. The van der Waals surface area contributed by atoms with Gasteiger partial charge in [-0.15, -0.1) is 0 Å². The van der Waals surface area contributed by atoms with Gasteiger partial charge in [0.25, 0.3) is 0 Å². The van der Waals surface area contributed by atoms with Crippen molar-refractivity contribution in [1.29, 1.82) is 0 Å². The number of benzene rings is 2. The molecule has 0 N–H and O–H groups in total. The number of hydrogen-bond donors (Lipinski definition) is 0. The Labute approximate surface area is 195 Å². The van der Waals surface area contributed by atoms with E-state index in [-0.39, 0.29) is 24.3 Å². The highest BCUT2D eigenvalue weighted by Gasteiger charge is 2.35. The van der Waals surface area contributed by atoms with Crippen LogP contribution in [0.4, 0.5) is 5.69 Å². The number of hydrogen-bond acceptors (Lipinski definition) is 3. The molecule has 172 valence electrons. The van der Waals surface area contributed by atoms with Gasteiger partial charge < -0.3 is 14.4 Å². The molecule has 0 bridgehead atoms. The van der Waals surface area contributed by atoms with Crippen LogP contribution < -0.4 is 4.90 Å². The third-order valence-electron chi connectivity index (χ3n) is 6.99. The maximum Gasteiger partial charge on any atom is 0.242 e. The van der Waals surface area contributed by atoms with Gasteiger partial charge >= 0.3 is 0 Å². The fourth-order valence-corrected chi connectivity index (χ4v) is 5.13. The van der Waals surface area contributed by atoms with Crippen molar-refractivity contribution in [1.82, 2.24) is 14.5 Å². The van der Waals surface area contributed by atoms with E-state index in [9.17, 15) is 9.59 Å². The summed E-state index contributed by atoms with van der Waals surface area (Å²) < 4.78 is 2.05. The maximum absolute atomic E-state index is 13.0. The van der Waals surface area contributed by atoms with Crippen LogP contribution in [0, 0.1) is 0 Å². The van der Waals surface area contributed by atoms with Gasteiger partial charge in [0.1, 0.15) is 12.4 Å². The molecule has 5 rings (SSSR count). The lowest BCUT2D eigenvalue weighted by atomic mass is 10.1. The van der Waals surface area contributed by atoms with Crippen molar-refractivity contribution in [3.63, 3.8) is 0 Å². The Balaban J connectivity index is 1.40. The Morgan fingerprint density at radius 3 is 2.58 bits per heavy atom. The molecule has 3 heterocycles. The Kier molecular flexibility index (Phi) is 6.16. The summed E-state index contributed by atoms with van der Waals surface area (Å²) in [6.45, 7) is 4.75. The number of likely N-dealkylation sites (tertiary alicyclic amines) is 1. The standard InChI is InChI=1S/C27H32N4O2/c1-2-3-8-20-11-13-22(14-12-20)30-18-21(17-25(30)32)27-28-23-9-4-5-10-24(23)31(27)19-26(33)29-15-6-7-16-29/h4-5,9-14,21H,2-3,6-8,15-19H2,1H3. The number of imidazole rings is 1. The van der Waals surface area contributed by atoms with Crippen molar-refractivity contribution >= 4 is 28.5 Å². The molecular weight excluding hydrogens is 412 g/mol. The maximum atomic E-state index is 13.0. The molecule has 2 aliphatic rings. The molecule has 6 nitrogen and oxygen atoms in total. The van der Waals surface area contributed by atoms with Crippen LogP contribution in [-0.4, -0.2) is 45.9 Å². The minimum absolute atomic E-state index is 0.0314. The van der Waals surface area contributed by atoms with Gasteiger partial charge in [0.05, 0.1) is 11.0 Å². The monoisotopic (exact) mass is 444 g/mol. The number of rotatable bonds is 7. The molecule has 1 unspecified atom stereocenters. The van der Waals surface area contributed by atoms with E-state index >= 15 is 0 Å². The van der Waals surface area contributed by atoms with E-state index in [1.165, 1.54) is 18.4 Å². The van der Waals surface area contributed by atoms with Crippen LogP contribution in [0.1, 0.15) is 56.3 Å². The average Bonchev–Trinajstić information content (AvgIpc) is 3.57. The Morgan fingerprint density at radius 2 is 1.82 bits per heavy atom. The van der Waals surface area contributed by atoms with Crippen LogP contribution >= 0.6 is 0 Å². The molecule has 2 fully saturated rings. The first-order chi connectivity index (χ1) is 16.1. The SMILES string of the molecule is CCCCc1ccc(N2CC(c3nc4ccccc4n3CC(=O)N3CCCC3)CC2=O)cc1. The lowest BCUT2D eigenvalue weighted by Gasteiger charge is -2.19. The molecular formula is C27H32N4O2. The van der Waals surface area contributed by atoms with Gasteiger partial charge in [0.15, 0.2) is 0 Å². The van der Waals surface area contributed by atoms with Crippen LogP contribution in [0.25, 0.3) is 11.0 Å². The van der Waals surface area contributed by atoms with E-state index in [4.69, 9.17) is 4.98 Å². The second-order valence-electron chi connectivity index (χ2n) is 9.31. The predicted molar refractivity (Wildman–Crippen MR) is 130 cm³/mol. The number of para-hydroxylation sites is 2. The van der Waals surface area contributed by atoms with Crippen molar-refractivity contribution < 1.29 is 9.59 Å². The van der Waals surface area contributed by atoms with Gasteiger partial charge in [-0.05, 0) is 55.5 Å². The molecule has 2 aromatic carbocycles. The first kappa shape index (κ1) is 21.7. The Bertz CT molecular complexity index is 1140. The molecule has 1 atom stereocenters. The number of carbonyl (C=O) groups excluding carboxylic acids is 2. The summed E-state index contributed by atoms with van der Waals surface area (Å²) in [7, 11) is 0. The van der Waals surface area contributed by atoms with Crippen molar-refractivity contribution in [3.05, 3.63) is 59.9 Å². The summed E-state index contributed by atoms with van der Waals surface area (Å²) >= 11 is 0.